The Hall–Kier alpha value is 0. The Morgan fingerprint density at radius 2 is 0.485 bits per heavy atom. The number of hydrogen-bond acceptors (Lipinski definition) is 0. The molecule has 0 saturated heterocycles. The molecular weight excluding hydrogens is 1590 g/mol. The maximum atomic E-state index is 3.60. The molecule has 0 nitrogen and oxygen atoms in total. The van der Waals surface area contributed by atoms with E-state index in [2.05, 4.69) is 41.5 Å². The van der Waals surface area contributed by atoms with Gasteiger partial charge in [0.15, 0.2) is 0 Å². The maximum Gasteiger partial charge on any atom is -0.000426 e. The zero-order valence-corrected chi connectivity index (χ0v) is 77.5. The predicted molar refractivity (Wildman–Crippen MR) is 454 cm³/mol. The van der Waals surface area contributed by atoms with Gasteiger partial charge in [0, 0.05) is 0 Å². The molecule has 0 radical (unpaired) electrons. The second-order valence-corrected chi connectivity index (χ2v) is 81.1. The molecule has 0 heteroatoms. The van der Waals surface area contributed by atoms with Crippen LogP contribution in [-0.2, 0) is 0 Å². The molecule has 56 spiro atoms. The van der Waals surface area contributed by atoms with Gasteiger partial charge in [-0.3, -0.25) is 0 Å². The molecule has 638 valence electrons. The molecule has 100 atom stereocenters. The van der Waals surface area contributed by atoms with Crippen LogP contribution < -0.4 is 0 Å². The molecule has 78 aliphatic rings. The lowest BCUT2D eigenvalue weighted by molar-refractivity contribution is -1.06. The van der Waals surface area contributed by atoms with E-state index in [0.29, 0.717) is 37.9 Å². The van der Waals surface area contributed by atoms with Gasteiger partial charge in [0.25, 0.3) is 0 Å². The topological polar surface area (TPSA) is 0 Å². The third-order valence-corrected chi connectivity index (χ3v) is 104. The zero-order valence-electron chi connectivity index (χ0n) is 77.5. The van der Waals surface area contributed by atoms with Crippen molar-refractivity contribution in [3.63, 3.8) is 0 Å². The highest BCUT2D eigenvalue weighted by molar-refractivity contribution is 6.62. The Labute approximate surface area is 764 Å². The number of hydrogen-bond donors (Lipinski definition) is 0. The van der Waals surface area contributed by atoms with Crippen LogP contribution in [0.1, 0.15) is 208 Å². The molecule has 0 aromatic carbocycles. The Bertz CT molecular complexity index is 9090. The molecule has 0 aromatic rings. The summed E-state index contributed by atoms with van der Waals surface area (Å²) in [6, 6.07) is 0. The maximum absolute atomic E-state index is 3.60. The van der Waals surface area contributed by atoms with Gasteiger partial charge >= 0.3 is 0 Å². The van der Waals surface area contributed by atoms with Crippen molar-refractivity contribution < 1.29 is 0 Å². The van der Waals surface area contributed by atoms with Gasteiger partial charge < -0.3 is 0 Å². The molecule has 78 aliphatic carbocycles. The van der Waals surface area contributed by atoms with Crippen LogP contribution in [0.2, 0.25) is 0 Å². The minimum absolute atomic E-state index is 0.575. The van der Waals surface area contributed by atoms with Crippen LogP contribution in [0.25, 0.3) is 0 Å². The van der Waals surface area contributed by atoms with Crippen LogP contribution in [0.4, 0.5) is 0 Å². The lowest BCUT2D eigenvalue weighted by atomic mass is 8.30. The standard InChI is InChI=1S/C132H110/c1-33-15-7-17-73(3)18-9-19-74(4)20-10-21-75(5)22-11-23-76(6)34(2)41-48-49-43-38-32-39-45-50-52-60-57-56-59-61-58-55-54-53-51-44-37-31-36-42-46-40-35(33)16-8-24-77(73)25-12-26-78(74)27-13-28-79(75)29-14-30-80(41,76)84(48)67-63-68-86(79)71-65-72-87(78)70-64-69-85(77)66-62-47(40)83(46)88(42)81(36,37)91(44)95(51)103(53)99(54)97(55)101(58)105(61)102(59)98(56)100(57)104(60)96(52)94(50)92(45)82(38,39)90(43)89(49,84)109(67)106(63)111(68)117(86)113(71)108(65)115(72)118(87)114(70)107(64)112(69)116(85)110(66)93(62,83)119(88,91)124(95,110)130(103,116)126(99,112)122(97,107)128(101,114)132(105,118)129(102,115)123(98,108)127(100,113)131(104,117)125(96,111)121(94,106)120(90,92)109/h33-72H,7-32H2,1-6H3. The van der Waals surface area contributed by atoms with Gasteiger partial charge in [-0.25, -0.2) is 0 Å². The highest BCUT2D eigenvalue weighted by Gasteiger charge is 3.78. The molecular formula is C132H110. The third-order valence-electron chi connectivity index (χ3n) is 104. The molecule has 0 aromatic heterocycles. The Morgan fingerprint density at radius 1 is 0.182 bits per heavy atom. The summed E-state index contributed by atoms with van der Waals surface area (Å²) in [6.45, 7) is 20.2. The van der Waals surface area contributed by atoms with E-state index < -0.39 is 0 Å². The predicted octanol–water partition coefficient (Wildman–Crippen LogP) is 19.6. The quantitative estimate of drug-likeness (QED) is 0.227. The highest BCUT2D eigenvalue weighted by Crippen LogP contribution is 3.82. The highest BCUT2D eigenvalue weighted by atomic mass is 15.8. The van der Waals surface area contributed by atoms with Crippen LogP contribution in [0.5, 0.6) is 0 Å². The van der Waals surface area contributed by atoms with Gasteiger partial charge in [0.1, 0.15) is 0 Å². The largest absolute Gasteiger partial charge is 0.0622 e. The van der Waals surface area contributed by atoms with E-state index >= 15 is 0 Å². The van der Waals surface area contributed by atoms with Gasteiger partial charge in [0.2, 0.25) is 0 Å². The molecule has 5 bridgehead atoms. The van der Waals surface area contributed by atoms with E-state index in [1.54, 1.807) is 89.9 Å². The Kier molecular flexibility index (Phi) is 3.40. The zero-order chi connectivity index (χ0) is 77.5. The van der Waals surface area contributed by atoms with E-state index in [1.807, 2.05) is 77.0 Å². The molecule has 0 N–H and O–H groups in total. The van der Waals surface area contributed by atoms with Gasteiger partial charge in [-0.2, -0.15) is 0 Å². The van der Waals surface area contributed by atoms with Crippen molar-refractivity contribution in [2.45, 2.75) is 208 Å². The fourth-order valence-corrected chi connectivity index (χ4v) is 129. The minimum atomic E-state index is 0.575. The Balaban J connectivity index is 0.511. The third kappa shape index (κ3) is 1.34. The fourth-order valence-electron chi connectivity index (χ4n) is 129. The second-order valence-electron chi connectivity index (χ2n) is 81.1. The summed E-state index contributed by atoms with van der Waals surface area (Å²) in [5, 5.41) is 0. The van der Waals surface area contributed by atoms with Crippen molar-refractivity contribution in [3.8, 4) is 0 Å². The summed E-state index contributed by atoms with van der Waals surface area (Å²) in [5.74, 6) is 53.7. The molecule has 78 fully saturated rings. The first kappa shape index (κ1) is 51.9. The molecule has 100 unspecified atom stereocenters. The van der Waals surface area contributed by atoms with Crippen LogP contribution in [-0.4, -0.2) is 0 Å². The summed E-state index contributed by atoms with van der Waals surface area (Å²) in [6.07, 6.45) is 47.4. The van der Waals surface area contributed by atoms with Gasteiger partial charge in [-0.15, -0.1) is 0 Å². The lowest BCUT2D eigenvalue weighted by Crippen LogP contribution is -3.68. The molecule has 0 amide bonds. The van der Waals surface area contributed by atoms with Crippen molar-refractivity contribution in [1.29, 1.82) is 0 Å². The van der Waals surface area contributed by atoms with E-state index in [1.165, 1.54) is 219 Å². The first-order valence-corrected chi connectivity index (χ1v) is 64.8. The summed E-state index contributed by atoms with van der Waals surface area (Å²) >= 11 is 0. The minimum Gasteiger partial charge on any atom is -0.0622 e. The summed E-state index contributed by atoms with van der Waals surface area (Å²) < 4.78 is 0. The van der Waals surface area contributed by atoms with Gasteiger partial charge in [-0.05, 0) is 671 Å². The normalized spacial score (nSPS) is 125. The van der Waals surface area contributed by atoms with Crippen LogP contribution in [0, 0.1) is 562 Å². The first-order valence-electron chi connectivity index (χ1n) is 64.8. The van der Waals surface area contributed by atoms with E-state index in [-0.39, 0.29) is 0 Å². The monoisotopic (exact) mass is 1690 g/mol. The first-order chi connectivity index (χ1) is 64.8. The van der Waals surface area contributed by atoms with Crippen LogP contribution in [0.3, 0.4) is 0 Å². The smallest absolute Gasteiger partial charge is 0.000426 e. The van der Waals surface area contributed by atoms with Gasteiger partial charge in [0.05, 0.1) is 0 Å². The molecule has 78 rings (SSSR count). The Morgan fingerprint density at radius 3 is 0.970 bits per heavy atom. The van der Waals surface area contributed by atoms with Crippen LogP contribution in [0.15, 0.2) is 0 Å². The van der Waals surface area contributed by atoms with Crippen molar-refractivity contribution in [1.82, 2.24) is 0 Å². The molecule has 132 heavy (non-hydrogen) atoms. The second kappa shape index (κ2) is 8.65. The van der Waals surface area contributed by atoms with E-state index in [0.717, 1.165) is 305 Å². The molecule has 0 heterocycles. The number of rotatable bonds is 0. The summed E-state index contributed by atoms with van der Waals surface area (Å²) in [5.41, 5.74) is 57.9. The van der Waals surface area contributed by atoms with E-state index in [4.69, 9.17) is 0 Å². The lowest BCUT2D eigenvalue weighted by Gasteiger charge is -3.72. The van der Waals surface area contributed by atoms with Crippen molar-refractivity contribution in [2.24, 2.45) is 464 Å². The van der Waals surface area contributed by atoms with Crippen molar-refractivity contribution >= 4 is 0 Å². The van der Waals surface area contributed by atoms with E-state index in [9.17, 15) is 0 Å². The SMILES string of the molecule is CC1CCCC2(C)CCCC3(C)CCCC4(C)CCCC5(C)C(C)C6C7C8C9C%10CC%11C%12C%13C%14C%15C%16C%17C%18C%19C%20C%21C%22C%23C%24C%25C%26CC%27C%28C%29C%30C1CCCC21CCCC32CCCC43CCCC65C74C5C6C7C3%31C3C%32C%33C2%34C2C%35C%36C1%37C1C%38C%30C%29%30C%28%29C%27%26C%25%26C%24%25C%23%24C%22%23C%21%22C%20%21C%19%20C%18%19C%17%18C%16%17C%15%16C%14%15C%13%14C%12%13C%10%11C9%10C84C54C65C76C%317C38C%323C%339C%34%11C2%12C%352C%36%27C%37%28C1%31C%38%30C%29%26C%25%31C%24%28C%23%27C%222C%21%12C%20%11C%199C%183C%178C%167C%156C%145C%10%134. The number of fused-ring (bicyclic) bond motifs is 32. The molecule has 78 saturated carbocycles. The molecule has 0 aliphatic heterocycles. The van der Waals surface area contributed by atoms with Crippen molar-refractivity contribution in [2.75, 3.05) is 0 Å². The summed E-state index contributed by atoms with van der Waals surface area (Å²) in [4.78, 5) is 0. The fraction of sp³-hybridized carbons (Fsp3) is 1.00. The average Bonchev–Trinajstić information content (AvgIpc) is 0.412. The van der Waals surface area contributed by atoms with Crippen LogP contribution >= 0.6 is 0 Å². The summed E-state index contributed by atoms with van der Waals surface area (Å²) in [7, 11) is 0. The van der Waals surface area contributed by atoms with Crippen molar-refractivity contribution in [3.05, 3.63) is 97.5 Å². The average molecular weight is 1700 g/mol. The van der Waals surface area contributed by atoms with Gasteiger partial charge in [-0.1, -0.05) is 99.3 Å².